The summed E-state index contributed by atoms with van der Waals surface area (Å²) >= 11 is 0.869. The molecule has 1 heterocycles. The molecule has 1 rings (SSSR count). The van der Waals surface area contributed by atoms with E-state index in [1.807, 2.05) is 0 Å². The van der Waals surface area contributed by atoms with Crippen molar-refractivity contribution in [2.75, 3.05) is 5.75 Å². The Labute approximate surface area is 228 Å². The number of aliphatic hydroxyl groups excluding tert-OH is 1. The van der Waals surface area contributed by atoms with E-state index < -0.39 is 23.7 Å². The van der Waals surface area contributed by atoms with Gasteiger partial charge in [-0.05, 0) is 5.75 Å². The van der Waals surface area contributed by atoms with Crippen molar-refractivity contribution >= 4 is 11.8 Å². The zero-order chi connectivity index (χ0) is 7.72. The average molecular weight is 420 g/mol. The molecule has 4 nitrogen and oxygen atoms in total. The summed E-state index contributed by atoms with van der Waals surface area (Å²) in [5, 5.41) is 40.6. The van der Waals surface area contributed by atoms with Crippen LogP contribution < -0.4 is 190 Å². The quantitative estimate of drug-likeness (QED) is 0.421. The van der Waals surface area contributed by atoms with E-state index in [-0.39, 0.29) is 180 Å². The standard InChI is InChI=1S/C5H7O4S.3Rb/c6-2-1-10-5(9)4(8)3(2)7;;;/h2-5,9H,1H2;;;/q-3;3*+1. The maximum atomic E-state index is 10.6. The SMILES string of the molecule is [O-]C1CSC(O)C([O-])C1[O-].[Rb+].[Rb+].[Rb+]. The van der Waals surface area contributed by atoms with Gasteiger partial charge in [-0.2, -0.15) is 0 Å². The molecule has 60 valence electrons. The van der Waals surface area contributed by atoms with Crippen molar-refractivity contribution < 1.29 is 195 Å². The van der Waals surface area contributed by atoms with Crippen LogP contribution in [0.25, 0.3) is 0 Å². The molecular formula is C5H7O4Rb3S. The van der Waals surface area contributed by atoms with E-state index in [0.717, 1.165) is 11.8 Å². The minimum atomic E-state index is -1.68. The van der Waals surface area contributed by atoms with Crippen LogP contribution in [0.15, 0.2) is 0 Å². The van der Waals surface area contributed by atoms with Crippen molar-refractivity contribution in [1.29, 1.82) is 0 Å². The largest absolute Gasteiger partial charge is 1.00 e. The van der Waals surface area contributed by atoms with Gasteiger partial charge in [0, 0.05) is 0 Å². The van der Waals surface area contributed by atoms with Gasteiger partial charge < -0.3 is 20.4 Å². The smallest absolute Gasteiger partial charge is 0.853 e. The monoisotopic (exact) mass is 418 g/mol. The predicted molar refractivity (Wildman–Crippen MR) is 29.8 cm³/mol. The second kappa shape index (κ2) is 12.6. The first-order chi connectivity index (χ1) is 4.63. The topological polar surface area (TPSA) is 89.4 Å². The molecule has 8 heteroatoms. The van der Waals surface area contributed by atoms with E-state index in [2.05, 4.69) is 0 Å². The number of hydrogen-bond acceptors (Lipinski definition) is 5. The second-order valence-electron chi connectivity index (χ2n) is 2.19. The molecule has 1 aliphatic heterocycles. The Morgan fingerprint density at radius 1 is 1.00 bits per heavy atom. The van der Waals surface area contributed by atoms with Gasteiger partial charge in [0.15, 0.2) is 0 Å². The van der Waals surface area contributed by atoms with Crippen LogP contribution in [0, 0.1) is 0 Å². The van der Waals surface area contributed by atoms with Crippen LogP contribution in [0.3, 0.4) is 0 Å². The van der Waals surface area contributed by atoms with Crippen LogP contribution in [0.4, 0.5) is 0 Å². The predicted octanol–water partition coefficient (Wildman–Crippen LogP) is -12.7. The fourth-order valence-electron chi connectivity index (χ4n) is 0.757. The zero-order valence-corrected chi connectivity index (χ0v) is 23.7. The molecule has 0 saturated carbocycles. The first-order valence-electron chi connectivity index (χ1n) is 2.90. The average Bonchev–Trinajstić information content (AvgIpc) is 1.93. The van der Waals surface area contributed by atoms with E-state index in [0.29, 0.717) is 0 Å². The summed E-state index contributed by atoms with van der Waals surface area (Å²) < 4.78 is 0. The van der Waals surface area contributed by atoms with E-state index in [4.69, 9.17) is 5.11 Å². The van der Waals surface area contributed by atoms with Crippen LogP contribution in [-0.2, 0) is 0 Å². The molecule has 1 N–H and O–H groups in total. The molecule has 0 bridgehead atoms. The van der Waals surface area contributed by atoms with Crippen LogP contribution in [-0.4, -0.2) is 34.6 Å². The third-order valence-corrected chi connectivity index (χ3v) is 2.53. The van der Waals surface area contributed by atoms with Gasteiger partial charge in [-0.25, -0.2) is 0 Å². The van der Waals surface area contributed by atoms with Crippen LogP contribution in [0.2, 0.25) is 0 Å². The summed E-state index contributed by atoms with van der Waals surface area (Å²) in [7, 11) is 0. The first-order valence-corrected chi connectivity index (χ1v) is 3.95. The molecule has 0 aromatic heterocycles. The van der Waals surface area contributed by atoms with Gasteiger partial charge in [0.1, 0.15) is 0 Å². The summed E-state index contributed by atoms with van der Waals surface area (Å²) in [5.74, 6) is 0.0497. The van der Waals surface area contributed by atoms with Crippen molar-refractivity contribution in [2.45, 2.75) is 23.7 Å². The zero-order valence-electron chi connectivity index (χ0n) is 8.10. The van der Waals surface area contributed by atoms with E-state index in [1.54, 1.807) is 0 Å². The molecule has 1 saturated heterocycles. The number of aliphatic hydroxyl groups is 1. The van der Waals surface area contributed by atoms with Crippen LogP contribution >= 0.6 is 11.8 Å². The number of hydrogen-bond donors (Lipinski definition) is 1. The molecule has 4 unspecified atom stereocenters. The van der Waals surface area contributed by atoms with Gasteiger partial charge >= 0.3 is 175 Å². The van der Waals surface area contributed by atoms with Crippen LogP contribution in [0.1, 0.15) is 0 Å². The molecule has 0 amide bonds. The Balaban J connectivity index is -0.000000333. The van der Waals surface area contributed by atoms with Crippen molar-refractivity contribution in [3.8, 4) is 0 Å². The molecule has 0 aromatic carbocycles. The summed E-state index contributed by atoms with van der Waals surface area (Å²) in [6.07, 6.45) is -4.69. The normalized spacial score (nSPS) is 37.8. The van der Waals surface area contributed by atoms with Gasteiger partial charge in [-0.15, -0.1) is 30.1 Å². The minimum Gasteiger partial charge on any atom is -0.853 e. The van der Waals surface area contributed by atoms with E-state index in [9.17, 15) is 15.3 Å². The molecule has 0 aromatic rings. The molecule has 1 fully saturated rings. The van der Waals surface area contributed by atoms with Crippen LogP contribution in [0.5, 0.6) is 0 Å². The van der Waals surface area contributed by atoms with Gasteiger partial charge in [-0.3, -0.25) is 0 Å². The Morgan fingerprint density at radius 2 is 1.46 bits per heavy atom. The van der Waals surface area contributed by atoms with Crippen molar-refractivity contribution in [3.05, 3.63) is 0 Å². The maximum absolute atomic E-state index is 10.6. The fraction of sp³-hybridized carbons (Fsp3) is 1.00. The summed E-state index contributed by atoms with van der Waals surface area (Å²) in [6, 6.07) is 0. The minimum absolute atomic E-state index is 0. The van der Waals surface area contributed by atoms with Gasteiger partial charge in [0.2, 0.25) is 0 Å². The molecule has 1 aliphatic rings. The summed E-state index contributed by atoms with van der Waals surface area (Å²) in [5.41, 5.74) is -1.19. The Hall–Kier alpha value is 5.61. The van der Waals surface area contributed by atoms with Gasteiger partial charge in [0.25, 0.3) is 0 Å². The number of thioether (sulfide) groups is 1. The Morgan fingerprint density at radius 3 is 1.85 bits per heavy atom. The molecular weight excluding hydrogens is 413 g/mol. The Kier molecular flexibility index (Phi) is 23.0. The van der Waals surface area contributed by atoms with Crippen molar-refractivity contribution in [3.63, 3.8) is 0 Å². The van der Waals surface area contributed by atoms with E-state index in [1.165, 1.54) is 0 Å². The van der Waals surface area contributed by atoms with Crippen molar-refractivity contribution in [1.82, 2.24) is 0 Å². The van der Waals surface area contributed by atoms with Crippen molar-refractivity contribution in [2.24, 2.45) is 0 Å². The molecule has 0 aliphatic carbocycles. The van der Waals surface area contributed by atoms with E-state index >= 15 is 0 Å². The second-order valence-corrected chi connectivity index (χ2v) is 3.34. The first kappa shape index (κ1) is 23.7. The number of rotatable bonds is 0. The van der Waals surface area contributed by atoms with Gasteiger partial charge in [-0.1, -0.05) is 0 Å². The summed E-state index contributed by atoms with van der Waals surface area (Å²) in [6.45, 7) is 0. The Bertz CT molecular complexity index is 116. The third kappa shape index (κ3) is 8.39. The third-order valence-electron chi connectivity index (χ3n) is 1.40. The molecule has 0 spiro atoms. The molecule has 4 atom stereocenters. The molecule has 13 heavy (non-hydrogen) atoms. The summed E-state index contributed by atoms with van der Waals surface area (Å²) in [4.78, 5) is 0. The maximum Gasteiger partial charge on any atom is 1.00 e. The van der Waals surface area contributed by atoms with Gasteiger partial charge in [0.05, 0.1) is 5.44 Å². The fourth-order valence-corrected chi connectivity index (χ4v) is 1.68. The molecule has 0 radical (unpaired) electrons.